The highest BCUT2D eigenvalue weighted by atomic mass is 16.3. The zero-order valence-electron chi connectivity index (χ0n) is 34.7. The Labute approximate surface area is 278 Å². The average molecular weight is 602 g/mol. The Morgan fingerprint density at radius 1 is 0.622 bits per heavy atom. The summed E-state index contributed by atoms with van der Waals surface area (Å²) in [7, 11) is 0. The van der Waals surface area contributed by atoms with Gasteiger partial charge in [0, 0.05) is 36.3 Å². The summed E-state index contributed by atoms with van der Waals surface area (Å²) in [6.07, 6.45) is 1.27. The Bertz CT molecular complexity index is 2310. The number of fused-ring (bicyclic) bond motifs is 3. The van der Waals surface area contributed by atoms with Gasteiger partial charge >= 0.3 is 0 Å². The van der Waals surface area contributed by atoms with Crippen molar-refractivity contribution in [2.75, 3.05) is 0 Å². The van der Waals surface area contributed by atoms with E-state index >= 15 is 0 Å². The van der Waals surface area contributed by atoms with Crippen molar-refractivity contribution in [1.29, 1.82) is 0 Å². The Morgan fingerprint density at radius 3 is 1.96 bits per heavy atom. The van der Waals surface area contributed by atoms with E-state index < -0.39 is 19.1 Å². The molecular formula is C42H46N2O. The number of hydrogen-bond acceptors (Lipinski definition) is 3. The third kappa shape index (κ3) is 5.81. The number of aryl methyl sites for hydroxylation is 2. The van der Waals surface area contributed by atoms with Crippen LogP contribution in [0.2, 0.25) is 0 Å². The largest absolute Gasteiger partial charge is 0.437 e. The number of aromatic nitrogens is 2. The first-order chi connectivity index (χ1) is 23.8. The van der Waals surface area contributed by atoms with E-state index in [1.54, 1.807) is 18.2 Å². The van der Waals surface area contributed by atoms with Crippen LogP contribution in [-0.4, -0.2) is 9.97 Å². The minimum atomic E-state index is -2.62. The van der Waals surface area contributed by atoms with Gasteiger partial charge < -0.3 is 4.42 Å². The molecule has 0 aliphatic heterocycles. The molecule has 6 rings (SSSR count). The van der Waals surface area contributed by atoms with Crippen LogP contribution < -0.4 is 0 Å². The van der Waals surface area contributed by atoms with Crippen molar-refractivity contribution in [3.63, 3.8) is 0 Å². The lowest BCUT2D eigenvalue weighted by atomic mass is 9.79. The molecule has 45 heavy (non-hydrogen) atoms. The molecule has 3 aromatic carbocycles. The molecule has 3 aromatic heterocycles. The van der Waals surface area contributed by atoms with Gasteiger partial charge in [0.2, 0.25) is 5.71 Å². The van der Waals surface area contributed by atoms with E-state index in [2.05, 4.69) is 64.7 Å². The lowest BCUT2D eigenvalue weighted by Crippen LogP contribution is -2.16. The lowest BCUT2D eigenvalue weighted by molar-refractivity contribution is 0.569. The maximum atomic E-state index is 9.04. The summed E-state index contributed by atoms with van der Waals surface area (Å²) >= 11 is 0. The fourth-order valence-corrected chi connectivity index (χ4v) is 5.65. The van der Waals surface area contributed by atoms with Crippen molar-refractivity contribution in [2.24, 2.45) is 0 Å². The zero-order valence-corrected chi connectivity index (χ0v) is 27.7. The fraction of sp³-hybridized carbons (Fsp3) is 0.333. The second-order valence-corrected chi connectivity index (χ2v) is 15.2. The van der Waals surface area contributed by atoms with Gasteiger partial charge in [0.15, 0.2) is 0 Å². The van der Waals surface area contributed by atoms with E-state index in [-0.39, 0.29) is 39.1 Å². The van der Waals surface area contributed by atoms with Crippen molar-refractivity contribution in [3.8, 4) is 33.6 Å². The van der Waals surface area contributed by atoms with Crippen molar-refractivity contribution in [1.82, 2.24) is 9.97 Å². The zero-order chi connectivity index (χ0) is 38.3. The van der Waals surface area contributed by atoms with Gasteiger partial charge in [0.05, 0.1) is 12.8 Å². The molecule has 0 amide bonds. The second-order valence-electron chi connectivity index (χ2n) is 15.2. The topological polar surface area (TPSA) is 38.9 Å². The molecule has 3 heteroatoms. The summed E-state index contributed by atoms with van der Waals surface area (Å²) in [5.41, 5.74) is 6.27. The fourth-order valence-electron chi connectivity index (χ4n) is 5.65. The van der Waals surface area contributed by atoms with E-state index in [9.17, 15) is 0 Å². The van der Waals surface area contributed by atoms with Gasteiger partial charge in [-0.3, -0.25) is 4.98 Å². The maximum absolute atomic E-state index is 9.04. The third-order valence-corrected chi connectivity index (χ3v) is 8.58. The molecular weight excluding hydrogens is 548 g/mol. The predicted octanol–water partition coefficient (Wildman–Crippen LogP) is 11.9. The molecule has 0 bridgehead atoms. The van der Waals surface area contributed by atoms with Crippen LogP contribution in [0.4, 0.5) is 0 Å². The Morgan fingerprint density at radius 2 is 1.31 bits per heavy atom. The van der Waals surface area contributed by atoms with Gasteiger partial charge in [-0.15, -0.1) is 0 Å². The van der Waals surface area contributed by atoms with Gasteiger partial charge in [0.1, 0.15) is 5.58 Å². The van der Waals surface area contributed by atoms with Crippen LogP contribution in [0.1, 0.15) is 99.7 Å². The molecule has 6 aromatic rings. The van der Waals surface area contributed by atoms with E-state index in [4.69, 9.17) is 19.0 Å². The smallest absolute Gasteiger partial charge is 0.227 e. The minimum Gasteiger partial charge on any atom is -0.437 e. The summed E-state index contributed by atoms with van der Waals surface area (Å²) < 4.78 is 65.8. The van der Waals surface area contributed by atoms with E-state index in [1.807, 2.05) is 51.1 Å². The Hall–Kier alpha value is -4.24. The van der Waals surface area contributed by atoms with Crippen molar-refractivity contribution >= 4 is 22.1 Å². The first kappa shape index (κ1) is 23.1. The average Bonchev–Trinajstić information content (AvgIpc) is 3.40. The SMILES string of the molecule is [2H]c1cc(C(C)(C)C)cc(C([2H])([2H])[2H])c1-c1cc(-c2cccc3c2oc2nc(-c4cc(C(C)(C)C)cc(C(C)(C)C)c4)ccc23)ncc1C([2H])([2H])[2H]. The van der Waals surface area contributed by atoms with Gasteiger partial charge in [-0.25, -0.2) is 4.98 Å². The number of pyridine rings is 2. The molecule has 0 saturated carbocycles. The van der Waals surface area contributed by atoms with Gasteiger partial charge in [-0.2, -0.15) is 0 Å². The second kappa shape index (κ2) is 10.7. The number of nitrogens with zero attached hydrogens (tertiary/aromatic N) is 2. The van der Waals surface area contributed by atoms with Crippen molar-refractivity contribution < 1.29 is 14.0 Å². The lowest BCUT2D eigenvalue weighted by Gasteiger charge is -2.26. The molecule has 0 saturated heterocycles. The molecule has 0 aliphatic rings. The van der Waals surface area contributed by atoms with E-state index in [0.29, 0.717) is 28.1 Å². The maximum Gasteiger partial charge on any atom is 0.227 e. The highest BCUT2D eigenvalue weighted by Gasteiger charge is 2.22. The van der Waals surface area contributed by atoms with E-state index in [0.717, 1.165) is 22.0 Å². The number of para-hydroxylation sites is 1. The number of furan rings is 1. The molecule has 0 spiro atoms. The minimum absolute atomic E-state index is 0.0537. The molecule has 0 fully saturated rings. The first-order valence-electron chi connectivity index (χ1n) is 19.0. The standard InChI is InChI=1S/C42H46N2O/c1-25-19-28(40(3,4)5)15-16-31(25)35-23-37(43-24-26(35)2)34-14-12-13-32-33-17-18-36(44-39(33)45-38(32)34)27-20-29(41(6,7)8)22-30(21-27)42(9,10)11/h12-24H,1-11H3/i1D3,2D3,16D. The Kier molecular flexibility index (Phi) is 5.50. The van der Waals surface area contributed by atoms with Crippen LogP contribution >= 0.6 is 0 Å². The van der Waals surface area contributed by atoms with Crippen molar-refractivity contribution in [3.05, 3.63) is 107 Å². The first-order valence-corrected chi connectivity index (χ1v) is 15.5. The van der Waals surface area contributed by atoms with Gasteiger partial charge in [0.25, 0.3) is 0 Å². The number of hydrogen-bond donors (Lipinski definition) is 0. The van der Waals surface area contributed by atoms with Gasteiger partial charge in [-0.05, 0) is 105 Å². The van der Waals surface area contributed by atoms with E-state index in [1.165, 1.54) is 17.3 Å². The molecule has 0 N–H and O–H groups in total. The van der Waals surface area contributed by atoms with Gasteiger partial charge in [-0.1, -0.05) is 98.7 Å². The molecule has 3 nitrogen and oxygen atoms in total. The quantitative estimate of drug-likeness (QED) is 0.202. The highest BCUT2D eigenvalue weighted by Crippen LogP contribution is 2.39. The summed E-state index contributed by atoms with van der Waals surface area (Å²) in [6.45, 7) is 13.8. The molecule has 0 aliphatic carbocycles. The van der Waals surface area contributed by atoms with Crippen LogP contribution in [-0.2, 0) is 16.2 Å². The molecule has 0 radical (unpaired) electrons. The summed E-state index contributed by atoms with van der Waals surface area (Å²) in [4.78, 5) is 9.59. The van der Waals surface area contributed by atoms with Crippen LogP contribution in [0.3, 0.4) is 0 Å². The molecule has 230 valence electrons. The Balaban J connectivity index is 1.56. The molecule has 0 atom stereocenters. The monoisotopic (exact) mass is 601 g/mol. The highest BCUT2D eigenvalue weighted by molar-refractivity contribution is 6.08. The number of rotatable bonds is 3. The van der Waals surface area contributed by atoms with Crippen molar-refractivity contribution in [2.45, 2.75) is 92.3 Å². The summed E-state index contributed by atoms with van der Waals surface area (Å²) in [5.74, 6) is 0. The molecule has 3 heterocycles. The van der Waals surface area contributed by atoms with Crippen LogP contribution in [0.5, 0.6) is 0 Å². The van der Waals surface area contributed by atoms with Crippen LogP contribution in [0.15, 0.2) is 83.4 Å². The van der Waals surface area contributed by atoms with Crippen LogP contribution in [0, 0.1) is 13.7 Å². The summed E-state index contributed by atoms with van der Waals surface area (Å²) in [5, 5.41) is 1.63. The third-order valence-electron chi connectivity index (χ3n) is 8.58. The van der Waals surface area contributed by atoms with Crippen LogP contribution in [0.25, 0.3) is 55.7 Å². The molecule has 0 unspecified atom stereocenters. The predicted molar refractivity (Wildman–Crippen MR) is 191 cm³/mol. The summed E-state index contributed by atoms with van der Waals surface area (Å²) in [6, 6.07) is 21.1. The normalized spacial score (nSPS) is 15.6. The number of benzene rings is 3.